The Morgan fingerprint density at radius 1 is 1.16 bits per heavy atom. The summed E-state index contributed by atoms with van der Waals surface area (Å²) >= 11 is 0.944. The number of carboxylic acids is 2. The first-order valence-electron chi connectivity index (χ1n) is 8.60. The summed E-state index contributed by atoms with van der Waals surface area (Å²) in [5, 5.41) is 31.7. The van der Waals surface area contributed by atoms with Crippen molar-refractivity contribution in [1.29, 1.82) is 0 Å². The number of carboxylic acid groups (broad SMARTS) is 2. The zero-order valence-electron chi connectivity index (χ0n) is 15.2. The maximum Gasteiger partial charge on any atom is 0.394 e. The van der Waals surface area contributed by atoms with Crippen LogP contribution in [0.4, 0.5) is 0 Å². The molecule has 0 radical (unpaired) electrons. The van der Waals surface area contributed by atoms with Crippen molar-refractivity contribution in [1.82, 2.24) is 10.6 Å². The van der Waals surface area contributed by atoms with Crippen LogP contribution in [0.2, 0.25) is 0 Å². The van der Waals surface area contributed by atoms with Crippen LogP contribution in [0, 0.1) is 5.92 Å². The number of amides is 3. The number of aliphatic carboxylic acids is 2. The number of fused-ring (bicyclic) bond motifs is 2. The van der Waals surface area contributed by atoms with Crippen LogP contribution >= 0.6 is 11.8 Å². The zero-order chi connectivity index (χ0) is 22.4. The molecule has 3 heterocycles. The summed E-state index contributed by atoms with van der Waals surface area (Å²) in [6.45, 7) is -0.0458. The maximum atomic E-state index is 12.1. The number of aromatic hydroxyl groups is 1. The zero-order valence-corrected chi connectivity index (χ0v) is 16.0. The number of allylic oxidation sites excluding steroid dienone is 1. The van der Waals surface area contributed by atoms with Gasteiger partial charge < -0.3 is 30.1 Å². The van der Waals surface area contributed by atoms with E-state index in [0.717, 1.165) is 17.8 Å². The molecular weight excluding hydrogens is 436 g/mol. The molecule has 5 N–H and O–H groups in total. The predicted molar refractivity (Wildman–Crippen MR) is 99.9 cm³/mol. The van der Waals surface area contributed by atoms with Crippen LogP contribution in [-0.4, -0.2) is 56.8 Å². The van der Waals surface area contributed by atoms with Gasteiger partial charge >= 0.3 is 17.8 Å². The van der Waals surface area contributed by atoms with E-state index in [0.29, 0.717) is 0 Å². The number of imide groups is 1. The Bertz CT molecular complexity index is 1140. The minimum Gasteiger partial charge on any atom is -0.507 e. The molecule has 31 heavy (non-hydrogen) atoms. The first kappa shape index (κ1) is 20.3. The van der Waals surface area contributed by atoms with Gasteiger partial charge in [0.2, 0.25) is 0 Å². The molecule has 0 saturated heterocycles. The Morgan fingerprint density at radius 3 is 2.55 bits per heavy atom. The lowest BCUT2D eigenvalue weighted by Gasteiger charge is -2.25. The van der Waals surface area contributed by atoms with Crippen molar-refractivity contribution in [3.63, 3.8) is 0 Å². The molecule has 0 aliphatic carbocycles. The van der Waals surface area contributed by atoms with Crippen LogP contribution < -0.4 is 15.4 Å². The highest BCUT2D eigenvalue weighted by Gasteiger charge is 2.43. The van der Waals surface area contributed by atoms with E-state index in [9.17, 15) is 34.2 Å². The molecule has 2 unspecified atom stereocenters. The topological polar surface area (TPSA) is 189 Å². The minimum absolute atomic E-state index is 0.0458. The van der Waals surface area contributed by atoms with Crippen molar-refractivity contribution in [3.8, 4) is 11.5 Å². The molecule has 3 amide bonds. The van der Waals surface area contributed by atoms with Crippen molar-refractivity contribution >= 4 is 41.4 Å². The number of benzene rings is 1. The van der Waals surface area contributed by atoms with Gasteiger partial charge in [-0.3, -0.25) is 19.7 Å². The number of phenolic OH excluding ortho intramolecular Hbond substituents is 1. The smallest absolute Gasteiger partial charge is 0.394 e. The van der Waals surface area contributed by atoms with Gasteiger partial charge in [-0.2, -0.15) is 0 Å². The normalized spacial score (nSPS) is 21.5. The molecule has 13 heteroatoms. The molecule has 0 saturated carbocycles. The molecule has 4 rings (SSSR count). The summed E-state index contributed by atoms with van der Waals surface area (Å²) in [5.74, 6) is -7.53. The molecule has 1 aromatic carbocycles. The molecule has 0 aromatic heterocycles. The Hall–Kier alpha value is -4.00. The summed E-state index contributed by atoms with van der Waals surface area (Å²) in [7, 11) is 0. The SMILES string of the molecule is O=C(O)C(=O)NC1=C(C(=O)O)C2C=C(Oc3ccc(O)c4c3C(=O)NC4=O)OCC2S1. The molecule has 1 aromatic rings. The molecule has 3 aliphatic rings. The largest absolute Gasteiger partial charge is 0.507 e. The average Bonchev–Trinajstić information content (AvgIpc) is 3.20. The monoisotopic (exact) mass is 448 g/mol. The van der Waals surface area contributed by atoms with Crippen LogP contribution in [0.3, 0.4) is 0 Å². The number of carbonyl (C=O) groups excluding carboxylic acids is 3. The fourth-order valence-corrected chi connectivity index (χ4v) is 4.62. The fourth-order valence-electron chi connectivity index (χ4n) is 3.32. The summed E-state index contributed by atoms with van der Waals surface area (Å²) in [5.41, 5.74) is -0.684. The lowest BCUT2D eigenvalue weighted by atomic mass is 9.95. The molecular formula is C18H12N2O10S. The Morgan fingerprint density at radius 2 is 1.87 bits per heavy atom. The molecule has 0 bridgehead atoms. The van der Waals surface area contributed by atoms with Crippen LogP contribution in [0.25, 0.3) is 0 Å². The molecule has 12 nitrogen and oxygen atoms in total. The molecule has 160 valence electrons. The van der Waals surface area contributed by atoms with Gasteiger partial charge in [0.05, 0.1) is 27.0 Å². The van der Waals surface area contributed by atoms with Crippen molar-refractivity contribution in [2.45, 2.75) is 5.25 Å². The van der Waals surface area contributed by atoms with Crippen LogP contribution in [-0.2, 0) is 19.1 Å². The first-order chi connectivity index (χ1) is 14.7. The van der Waals surface area contributed by atoms with E-state index < -0.39 is 46.6 Å². The minimum atomic E-state index is -1.77. The highest BCUT2D eigenvalue weighted by Crippen LogP contribution is 2.45. The first-order valence-corrected chi connectivity index (χ1v) is 9.47. The van der Waals surface area contributed by atoms with Crippen molar-refractivity contribution in [3.05, 3.63) is 45.9 Å². The highest BCUT2D eigenvalue weighted by molar-refractivity contribution is 8.04. The second-order valence-corrected chi connectivity index (χ2v) is 7.75. The van der Waals surface area contributed by atoms with Gasteiger partial charge in [-0.15, -0.1) is 0 Å². The third-order valence-electron chi connectivity index (χ3n) is 4.64. The second kappa shape index (κ2) is 7.36. The third kappa shape index (κ3) is 3.44. The Labute approximate surface area is 176 Å². The van der Waals surface area contributed by atoms with Crippen LogP contribution in [0.5, 0.6) is 11.5 Å². The van der Waals surface area contributed by atoms with E-state index in [2.05, 4.69) is 5.32 Å². The third-order valence-corrected chi connectivity index (χ3v) is 5.93. The summed E-state index contributed by atoms with van der Waals surface area (Å²) in [6.07, 6.45) is 1.32. The van der Waals surface area contributed by atoms with E-state index in [1.165, 1.54) is 12.1 Å². The van der Waals surface area contributed by atoms with E-state index in [1.54, 1.807) is 0 Å². The molecule has 2 atom stereocenters. The highest BCUT2D eigenvalue weighted by atomic mass is 32.2. The maximum absolute atomic E-state index is 12.1. The number of phenols is 1. The molecule has 0 spiro atoms. The van der Waals surface area contributed by atoms with E-state index in [-0.39, 0.29) is 40.0 Å². The van der Waals surface area contributed by atoms with Gasteiger partial charge in [0.1, 0.15) is 18.1 Å². The van der Waals surface area contributed by atoms with E-state index in [1.807, 2.05) is 5.32 Å². The van der Waals surface area contributed by atoms with Crippen molar-refractivity contribution in [2.24, 2.45) is 5.92 Å². The van der Waals surface area contributed by atoms with Crippen LogP contribution in [0.15, 0.2) is 34.8 Å². The average molecular weight is 448 g/mol. The molecule has 3 aliphatic heterocycles. The van der Waals surface area contributed by atoms with Gasteiger partial charge in [-0.25, -0.2) is 9.59 Å². The number of ether oxygens (including phenoxy) is 2. The predicted octanol–water partition coefficient (Wildman–Crippen LogP) is -0.245. The number of rotatable bonds is 4. The molecule has 0 fully saturated rings. The fraction of sp³-hybridized carbons (Fsp3) is 0.167. The lowest BCUT2D eigenvalue weighted by Crippen LogP contribution is -2.30. The number of hydrogen-bond acceptors (Lipinski definition) is 9. The van der Waals surface area contributed by atoms with E-state index >= 15 is 0 Å². The Balaban J connectivity index is 1.66. The van der Waals surface area contributed by atoms with E-state index in [4.69, 9.17) is 14.6 Å². The van der Waals surface area contributed by atoms with Gasteiger partial charge in [-0.1, -0.05) is 11.8 Å². The number of nitrogens with one attached hydrogen (secondary N) is 2. The second-order valence-electron chi connectivity index (χ2n) is 6.50. The van der Waals surface area contributed by atoms with Gasteiger partial charge in [0.25, 0.3) is 17.8 Å². The van der Waals surface area contributed by atoms with Gasteiger partial charge in [0.15, 0.2) is 0 Å². The summed E-state index contributed by atoms with van der Waals surface area (Å²) < 4.78 is 11.0. The number of carbonyl (C=O) groups is 5. The number of hydrogen-bond donors (Lipinski definition) is 5. The van der Waals surface area contributed by atoms with Gasteiger partial charge in [-0.05, 0) is 12.1 Å². The Kier molecular flexibility index (Phi) is 4.81. The van der Waals surface area contributed by atoms with Crippen LogP contribution in [0.1, 0.15) is 20.7 Å². The summed E-state index contributed by atoms with van der Waals surface area (Å²) in [6, 6.07) is 2.41. The van der Waals surface area contributed by atoms with Crippen molar-refractivity contribution in [2.75, 3.05) is 6.61 Å². The summed E-state index contributed by atoms with van der Waals surface area (Å²) in [4.78, 5) is 57.9. The quantitative estimate of drug-likeness (QED) is 0.302. The van der Waals surface area contributed by atoms with Crippen molar-refractivity contribution < 1.29 is 48.8 Å². The lowest BCUT2D eigenvalue weighted by molar-refractivity contribution is -0.149. The van der Waals surface area contributed by atoms with Gasteiger partial charge in [0, 0.05) is 12.0 Å². The standard InChI is InChI=1S/C18H12N2O10S/c21-6-1-2-7(12-11(6)13(22)19-14(12)23)30-9-3-5-8(4-29-9)31-16(10(5)17(25)26)20-15(24)18(27)28/h1-3,5,8,21H,4H2,(H,20,24)(H,25,26)(H,27,28)(H,19,22,23). The number of thioether (sulfide) groups is 1.